The number of aryl methyl sites for hydroxylation is 1. The molecule has 1 aliphatic carbocycles. The van der Waals surface area contributed by atoms with Gasteiger partial charge in [0.05, 0.1) is 12.1 Å². The van der Waals surface area contributed by atoms with Crippen molar-refractivity contribution in [1.29, 1.82) is 0 Å². The molecule has 0 unspecified atom stereocenters. The van der Waals surface area contributed by atoms with Crippen molar-refractivity contribution < 1.29 is 19.4 Å². The summed E-state index contributed by atoms with van der Waals surface area (Å²) in [6, 6.07) is 5.72. The molecule has 102 valence electrons. The molecular weight excluding hydrogens is 246 g/mol. The number of carbonyl (C=O) groups excluding carboxylic acids is 1. The van der Waals surface area contributed by atoms with Crippen molar-refractivity contribution in [3.05, 3.63) is 23.8 Å². The van der Waals surface area contributed by atoms with Crippen molar-refractivity contribution in [3.8, 4) is 11.5 Å². The van der Waals surface area contributed by atoms with Crippen molar-refractivity contribution >= 4 is 5.91 Å². The first-order valence-electron chi connectivity index (χ1n) is 6.51. The van der Waals surface area contributed by atoms with Gasteiger partial charge >= 0.3 is 0 Å². The van der Waals surface area contributed by atoms with Crippen LogP contribution < -0.4 is 14.8 Å². The number of hydrogen-bond donors (Lipinski definition) is 2. The summed E-state index contributed by atoms with van der Waals surface area (Å²) >= 11 is 0. The van der Waals surface area contributed by atoms with Crippen molar-refractivity contribution in [2.24, 2.45) is 0 Å². The molecule has 19 heavy (non-hydrogen) atoms. The summed E-state index contributed by atoms with van der Waals surface area (Å²) in [4.78, 5) is 11.8. The summed E-state index contributed by atoms with van der Waals surface area (Å²) in [7, 11) is 0. The van der Waals surface area contributed by atoms with E-state index in [1.165, 1.54) is 0 Å². The third-order valence-corrected chi connectivity index (χ3v) is 3.64. The van der Waals surface area contributed by atoms with Gasteiger partial charge in [-0.25, -0.2) is 0 Å². The first-order valence-corrected chi connectivity index (χ1v) is 6.51. The molecule has 1 saturated carbocycles. The standard InChI is InChI=1S/C14H17NO4/c16-8-14(5-6-14)15-13(17)4-2-10-1-3-11-12(7-10)19-9-18-11/h1,3,7,16H,2,4-6,8-9H2,(H,15,17). The van der Waals surface area contributed by atoms with Crippen molar-refractivity contribution in [2.45, 2.75) is 31.2 Å². The highest BCUT2D eigenvalue weighted by molar-refractivity contribution is 5.77. The smallest absolute Gasteiger partial charge is 0.231 e. The van der Waals surface area contributed by atoms with Crippen LogP contribution in [0.2, 0.25) is 0 Å². The van der Waals surface area contributed by atoms with E-state index < -0.39 is 0 Å². The van der Waals surface area contributed by atoms with Crippen LogP contribution in [0.5, 0.6) is 11.5 Å². The van der Waals surface area contributed by atoms with Crippen LogP contribution in [0.3, 0.4) is 0 Å². The summed E-state index contributed by atoms with van der Waals surface area (Å²) < 4.78 is 10.5. The molecular formula is C14H17NO4. The van der Waals surface area contributed by atoms with Crippen LogP contribution in [0.4, 0.5) is 0 Å². The van der Waals surface area contributed by atoms with Crippen LogP contribution in [-0.2, 0) is 11.2 Å². The maximum Gasteiger partial charge on any atom is 0.231 e. The number of carbonyl (C=O) groups is 1. The van der Waals surface area contributed by atoms with Gasteiger partial charge in [0.15, 0.2) is 11.5 Å². The number of benzene rings is 1. The Morgan fingerprint density at radius 3 is 2.84 bits per heavy atom. The number of nitrogens with one attached hydrogen (secondary N) is 1. The highest BCUT2D eigenvalue weighted by Crippen LogP contribution is 2.35. The van der Waals surface area contributed by atoms with Crippen LogP contribution >= 0.6 is 0 Å². The Labute approximate surface area is 111 Å². The topological polar surface area (TPSA) is 67.8 Å². The van der Waals surface area contributed by atoms with Gasteiger partial charge in [0, 0.05) is 6.42 Å². The molecule has 3 rings (SSSR count). The summed E-state index contributed by atoms with van der Waals surface area (Å²) in [6.07, 6.45) is 2.82. The summed E-state index contributed by atoms with van der Waals surface area (Å²) in [5, 5.41) is 12.0. The first-order chi connectivity index (χ1) is 9.21. The van der Waals surface area contributed by atoms with Gasteiger partial charge in [-0.1, -0.05) is 6.07 Å². The lowest BCUT2D eigenvalue weighted by molar-refractivity contribution is -0.122. The molecule has 0 saturated heterocycles. The van der Waals surface area contributed by atoms with E-state index in [2.05, 4.69) is 5.32 Å². The van der Waals surface area contributed by atoms with Crippen molar-refractivity contribution in [3.63, 3.8) is 0 Å². The molecule has 5 heteroatoms. The van der Waals surface area contributed by atoms with E-state index in [0.29, 0.717) is 12.8 Å². The molecule has 1 aromatic rings. The maximum absolute atomic E-state index is 11.8. The van der Waals surface area contributed by atoms with E-state index in [1.807, 2.05) is 18.2 Å². The maximum atomic E-state index is 11.8. The highest BCUT2D eigenvalue weighted by Gasteiger charge is 2.43. The Morgan fingerprint density at radius 1 is 1.32 bits per heavy atom. The van der Waals surface area contributed by atoms with E-state index >= 15 is 0 Å². The van der Waals surface area contributed by atoms with E-state index in [0.717, 1.165) is 29.9 Å². The van der Waals surface area contributed by atoms with Gasteiger partial charge in [-0.15, -0.1) is 0 Å². The second-order valence-electron chi connectivity index (χ2n) is 5.17. The van der Waals surface area contributed by atoms with E-state index in [9.17, 15) is 4.79 Å². The Bertz CT molecular complexity index is 496. The molecule has 2 aliphatic rings. The van der Waals surface area contributed by atoms with Crippen LogP contribution in [0, 0.1) is 0 Å². The quantitative estimate of drug-likeness (QED) is 0.831. The fourth-order valence-corrected chi connectivity index (χ4v) is 2.19. The first kappa shape index (κ1) is 12.3. The van der Waals surface area contributed by atoms with Crippen LogP contribution in [-0.4, -0.2) is 30.0 Å². The van der Waals surface area contributed by atoms with E-state index in [1.54, 1.807) is 0 Å². The second-order valence-corrected chi connectivity index (χ2v) is 5.17. The number of rotatable bonds is 5. The summed E-state index contributed by atoms with van der Waals surface area (Å²) in [5.74, 6) is 1.49. The predicted molar refractivity (Wildman–Crippen MR) is 68.1 cm³/mol. The van der Waals surface area contributed by atoms with Gasteiger partial charge in [-0.2, -0.15) is 0 Å². The van der Waals surface area contributed by atoms with Gasteiger partial charge in [0.25, 0.3) is 0 Å². The molecule has 0 radical (unpaired) electrons. The molecule has 1 amide bonds. The molecule has 0 aromatic heterocycles. The van der Waals surface area contributed by atoms with Gasteiger partial charge in [0.2, 0.25) is 12.7 Å². The molecule has 1 heterocycles. The molecule has 1 aliphatic heterocycles. The number of aliphatic hydroxyl groups excluding tert-OH is 1. The SMILES string of the molecule is O=C(CCc1ccc2c(c1)OCO2)NC1(CO)CC1. The van der Waals surface area contributed by atoms with Gasteiger partial charge in [-0.05, 0) is 37.0 Å². The van der Waals surface area contributed by atoms with Crippen molar-refractivity contribution in [1.82, 2.24) is 5.32 Å². The van der Waals surface area contributed by atoms with Crippen LogP contribution in [0.25, 0.3) is 0 Å². The molecule has 5 nitrogen and oxygen atoms in total. The number of hydrogen-bond acceptors (Lipinski definition) is 4. The average Bonchev–Trinajstić information content (AvgIpc) is 3.03. The number of aliphatic hydroxyl groups is 1. The van der Waals surface area contributed by atoms with E-state index in [-0.39, 0.29) is 24.8 Å². The molecule has 1 aromatic carbocycles. The van der Waals surface area contributed by atoms with E-state index in [4.69, 9.17) is 14.6 Å². The van der Waals surface area contributed by atoms with Gasteiger partial charge < -0.3 is 19.9 Å². The number of ether oxygens (including phenoxy) is 2. The third kappa shape index (κ3) is 2.66. The highest BCUT2D eigenvalue weighted by atomic mass is 16.7. The molecule has 2 N–H and O–H groups in total. The van der Waals surface area contributed by atoms with Gasteiger partial charge in [0.1, 0.15) is 0 Å². The largest absolute Gasteiger partial charge is 0.454 e. The zero-order valence-corrected chi connectivity index (χ0v) is 10.6. The fraction of sp³-hybridized carbons (Fsp3) is 0.500. The lowest BCUT2D eigenvalue weighted by Gasteiger charge is -2.14. The minimum atomic E-state index is -0.327. The molecule has 1 fully saturated rings. The Morgan fingerprint density at radius 2 is 2.11 bits per heavy atom. The lowest BCUT2D eigenvalue weighted by atomic mass is 10.1. The zero-order chi connectivity index (χ0) is 13.3. The number of amides is 1. The minimum absolute atomic E-state index is 0.00998. The normalized spacial score (nSPS) is 18.2. The molecule has 0 bridgehead atoms. The molecule has 0 spiro atoms. The summed E-state index contributed by atoms with van der Waals surface area (Å²) in [6.45, 7) is 0.293. The lowest BCUT2D eigenvalue weighted by Crippen LogP contribution is -2.39. The minimum Gasteiger partial charge on any atom is -0.454 e. The number of fused-ring (bicyclic) bond motifs is 1. The average molecular weight is 263 g/mol. The summed E-state index contributed by atoms with van der Waals surface area (Å²) in [5.41, 5.74) is 0.722. The van der Waals surface area contributed by atoms with Crippen molar-refractivity contribution in [2.75, 3.05) is 13.4 Å². The Balaban J connectivity index is 1.53. The van der Waals surface area contributed by atoms with Gasteiger partial charge in [-0.3, -0.25) is 4.79 Å². The second kappa shape index (κ2) is 4.74. The van der Waals surface area contributed by atoms with Crippen LogP contribution in [0.15, 0.2) is 18.2 Å². The predicted octanol–water partition coefficient (Wildman–Crippen LogP) is 0.989. The Hall–Kier alpha value is -1.75. The monoisotopic (exact) mass is 263 g/mol. The van der Waals surface area contributed by atoms with Crippen LogP contribution in [0.1, 0.15) is 24.8 Å². The Kier molecular flexibility index (Phi) is 3.06. The fourth-order valence-electron chi connectivity index (χ4n) is 2.19. The molecule has 0 atom stereocenters. The third-order valence-electron chi connectivity index (χ3n) is 3.64. The zero-order valence-electron chi connectivity index (χ0n) is 10.6.